The zero-order chi connectivity index (χ0) is 15.6. The van der Waals surface area contributed by atoms with Crippen molar-refractivity contribution in [2.75, 3.05) is 17.3 Å². The molecule has 0 atom stereocenters. The summed E-state index contributed by atoms with van der Waals surface area (Å²) in [5.41, 5.74) is 2.99. The molecule has 2 rings (SSSR count). The molecule has 2 N–H and O–H groups in total. The van der Waals surface area contributed by atoms with Crippen LogP contribution in [-0.4, -0.2) is 24.2 Å². The molecule has 2 aromatic rings. The van der Waals surface area contributed by atoms with Crippen LogP contribution in [0.15, 0.2) is 29.6 Å². The Morgan fingerprint density at radius 1 is 1.24 bits per heavy atom. The number of urea groups is 1. The summed E-state index contributed by atoms with van der Waals surface area (Å²) in [5.74, 6) is -1.05. The number of thiophene rings is 1. The number of rotatable bonds is 3. The molecule has 1 aromatic heterocycles. The van der Waals surface area contributed by atoms with Crippen molar-refractivity contribution in [3.05, 3.63) is 46.3 Å². The number of carbonyl (C=O) groups excluding carboxylic acids is 1. The average Bonchev–Trinajstić information content (AvgIpc) is 2.86. The number of benzene rings is 1. The number of hydrogen-bond donors (Lipinski definition) is 2. The second-order valence-corrected chi connectivity index (χ2v) is 5.66. The molecular weight excluding hydrogens is 288 g/mol. The lowest BCUT2D eigenvalue weighted by atomic mass is 10.1. The van der Waals surface area contributed by atoms with E-state index in [9.17, 15) is 9.59 Å². The summed E-state index contributed by atoms with van der Waals surface area (Å²) in [5, 5.41) is 13.6. The molecule has 6 heteroatoms. The first-order valence-corrected chi connectivity index (χ1v) is 7.21. The summed E-state index contributed by atoms with van der Waals surface area (Å²) in [6, 6.07) is 6.90. The molecule has 0 unspecified atom stereocenters. The molecule has 0 aliphatic heterocycles. The number of carbonyl (C=O) groups is 2. The Balaban J connectivity index is 2.20. The minimum absolute atomic E-state index is 0.0994. The lowest BCUT2D eigenvalue weighted by Gasteiger charge is -2.20. The Kier molecular flexibility index (Phi) is 4.28. The van der Waals surface area contributed by atoms with Gasteiger partial charge in [-0.25, -0.2) is 9.59 Å². The van der Waals surface area contributed by atoms with Gasteiger partial charge in [-0.1, -0.05) is 17.7 Å². The predicted molar refractivity (Wildman–Crippen MR) is 84.6 cm³/mol. The minimum atomic E-state index is -1.05. The van der Waals surface area contributed by atoms with Crippen molar-refractivity contribution in [2.24, 2.45) is 0 Å². The van der Waals surface area contributed by atoms with E-state index in [4.69, 9.17) is 5.11 Å². The van der Waals surface area contributed by atoms with Crippen molar-refractivity contribution in [3.63, 3.8) is 0 Å². The highest BCUT2D eigenvalue weighted by molar-refractivity contribution is 7.14. The number of carboxylic acids is 1. The van der Waals surface area contributed by atoms with Crippen LogP contribution in [-0.2, 0) is 0 Å². The van der Waals surface area contributed by atoms with Gasteiger partial charge in [0.1, 0.15) is 5.00 Å². The van der Waals surface area contributed by atoms with Gasteiger partial charge >= 0.3 is 12.0 Å². The monoisotopic (exact) mass is 304 g/mol. The van der Waals surface area contributed by atoms with Crippen LogP contribution in [0.1, 0.15) is 21.5 Å². The molecule has 110 valence electrons. The average molecular weight is 304 g/mol. The first kappa shape index (κ1) is 15.1. The number of anilines is 2. The van der Waals surface area contributed by atoms with E-state index < -0.39 is 5.97 Å². The van der Waals surface area contributed by atoms with Gasteiger partial charge in [-0.15, -0.1) is 11.3 Å². The van der Waals surface area contributed by atoms with Crippen LogP contribution in [0.5, 0.6) is 0 Å². The van der Waals surface area contributed by atoms with Gasteiger partial charge in [0, 0.05) is 12.7 Å². The molecular formula is C15H16N2O3S. The molecule has 0 saturated heterocycles. The highest BCUT2D eigenvalue weighted by Crippen LogP contribution is 2.25. The topological polar surface area (TPSA) is 69.6 Å². The van der Waals surface area contributed by atoms with Crippen LogP contribution in [0, 0.1) is 13.8 Å². The maximum absolute atomic E-state index is 12.3. The van der Waals surface area contributed by atoms with Crippen LogP contribution in [0.25, 0.3) is 0 Å². The summed E-state index contributed by atoms with van der Waals surface area (Å²) in [7, 11) is 1.65. The van der Waals surface area contributed by atoms with E-state index in [1.807, 2.05) is 32.0 Å². The van der Waals surface area contributed by atoms with E-state index in [2.05, 4.69) is 5.32 Å². The van der Waals surface area contributed by atoms with E-state index in [0.717, 1.165) is 16.8 Å². The molecule has 0 spiro atoms. The first-order chi connectivity index (χ1) is 9.90. The van der Waals surface area contributed by atoms with Gasteiger partial charge in [-0.3, -0.25) is 10.2 Å². The molecule has 0 fully saturated rings. The van der Waals surface area contributed by atoms with Crippen LogP contribution in [0.3, 0.4) is 0 Å². The Bertz CT molecular complexity index is 694. The van der Waals surface area contributed by atoms with E-state index in [0.29, 0.717) is 5.00 Å². The van der Waals surface area contributed by atoms with Gasteiger partial charge in [0.15, 0.2) is 0 Å². The van der Waals surface area contributed by atoms with Crippen LogP contribution in [0.4, 0.5) is 15.5 Å². The van der Waals surface area contributed by atoms with Crippen molar-refractivity contribution in [2.45, 2.75) is 13.8 Å². The largest absolute Gasteiger partial charge is 0.478 e. The maximum Gasteiger partial charge on any atom is 0.338 e. The lowest BCUT2D eigenvalue weighted by molar-refractivity contribution is 0.0698. The molecule has 0 radical (unpaired) electrons. The van der Waals surface area contributed by atoms with Crippen molar-refractivity contribution in [1.29, 1.82) is 0 Å². The fourth-order valence-corrected chi connectivity index (χ4v) is 2.82. The molecule has 5 nitrogen and oxygen atoms in total. The van der Waals surface area contributed by atoms with E-state index in [1.165, 1.54) is 22.3 Å². The Morgan fingerprint density at radius 2 is 1.95 bits per heavy atom. The van der Waals surface area contributed by atoms with Gasteiger partial charge in [0.25, 0.3) is 0 Å². The van der Waals surface area contributed by atoms with Gasteiger partial charge < -0.3 is 5.11 Å². The fraction of sp³-hybridized carbons (Fsp3) is 0.200. The summed E-state index contributed by atoms with van der Waals surface area (Å²) in [4.78, 5) is 24.8. The molecule has 0 aliphatic rings. The zero-order valence-corrected chi connectivity index (χ0v) is 12.8. The molecule has 1 aromatic carbocycles. The number of nitrogens with one attached hydrogen (secondary N) is 1. The highest BCUT2D eigenvalue weighted by atomic mass is 32.1. The van der Waals surface area contributed by atoms with Gasteiger partial charge in [-0.05, 0) is 36.9 Å². The Hall–Kier alpha value is -2.34. The predicted octanol–water partition coefficient (Wildman–Crippen LogP) is 3.73. The zero-order valence-electron chi connectivity index (χ0n) is 12.0. The maximum atomic E-state index is 12.3. The molecule has 21 heavy (non-hydrogen) atoms. The summed E-state index contributed by atoms with van der Waals surface area (Å²) >= 11 is 1.19. The third kappa shape index (κ3) is 3.22. The first-order valence-electron chi connectivity index (χ1n) is 6.33. The van der Waals surface area contributed by atoms with E-state index in [1.54, 1.807) is 12.4 Å². The fourth-order valence-electron chi connectivity index (χ4n) is 2.05. The number of aromatic carboxylic acids is 1. The quantitative estimate of drug-likeness (QED) is 0.907. The number of aryl methyl sites for hydroxylation is 2. The number of nitrogens with zero attached hydrogens (tertiary/aromatic N) is 1. The minimum Gasteiger partial charge on any atom is -0.478 e. The Labute approximate surface area is 126 Å². The lowest BCUT2D eigenvalue weighted by Crippen LogP contribution is -2.31. The summed E-state index contributed by atoms with van der Waals surface area (Å²) in [6.07, 6.45) is 0. The summed E-state index contributed by atoms with van der Waals surface area (Å²) < 4.78 is 0. The molecule has 0 saturated carbocycles. The normalized spacial score (nSPS) is 10.2. The third-order valence-corrected chi connectivity index (χ3v) is 3.96. The molecule has 2 amide bonds. The van der Waals surface area contributed by atoms with Gasteiger partial charge in [-0.2, -0.15) is 0 Å². The number of hydrogen-bond acceptors (Lipinski definition) is 3. The highest BCUT2D eigenvalue weighted by Gasteiger charge is 2.17. The van der Waals surface area contributed by atoms with Crippen LogP contribution in [0.2, 0.25) is 0 Å². The van der Waals surface area contributed by atoms with Crippen molar-refractivity contribution in [3.8, 4) is 0 Å². The summed E-state index contributed by atoms with van der Waals surface area (Å²) in [6.45, 7) is 3.92. The Morgan fingerprint density at radius 3 is 2.57 bits per heavy atom. The van der Waals surface area contributed by atoms with E-state index in [-0.39, 0.29) is 11.6 Å². The van der Waals surface area contributed by atoms with E-state index >= 15 is 0 Å². The van der Waals surface area contributed by atoms with Crippen LogP contribution < -0.4 is 10.2 Å². The van der Waals surface area contributed by atoms with Crippen molar-refractivity contribution < 1.29 is 14.7 Å². The molecule has 0 aliphatic carbocycles. The second kappa shape index (κ2) is 5.97. The smallest absolute Gasteiger partial charge is 0.338 e. The number of carboxylic acid groups (broad SMARTS) is 1. The van der Waals surface area contributed by atoms with Gasteiger partial charge in [0.2, 0.25) is 0 Å². The molecule has 0 bridgehead atoms. The van der Waals surface area contributed by atoms with Gasteiger partial charge in [0.05, 0.1) is 5.56 Å². The standard InChI is InChI=1S/C15H16N2O3S/c1-9-4-5-12(10(2)8-9)17(3)15(20)16-13-11(14(18)19)6-7-21-13/h4-8H,1-3H3,(H,16,20)(H,18,19). The molecule has 1 heterocycles. The number of amides is 2. The van der Waals surface area contributed by atoms with Crippen LogP contribution >= 0.6 is 11.3 Å². The SMILES string of the molecule is Cc1ccc(N(C)C(=O)Nc2sccc2C(=O)O)c(C)c1. The van der Waals surface area contributed by atoms with Crippen molar-refractivity contribution in [1.82, 2.24) is 0 Å². The van der Waals surface area contributed by atoms with Crippen molar-refractivity contribution >= 4 is 34.0 Å². The second-order valence-electron chi connectivity index (χ2n) is 4.75. The third-order valence-electron chi connectivity index (χ3n) is 3.13.